The summed E-state index contributed by atoms with van der Waals surface area (Å²) in [5, 5.41) is 18.1. The number of rotatable bonds is 6. The summed E-state index contributed by atoms with van der Waals surface area (Å²) in [4.78, 5) is 21.9. The van der Waals surface area contributed by atoms with Crippen molar-refractivity contribution in [2.45, 2.75) is 24.8 Å². The molecule has 10 heteroatoms. The summed E-state index contributed by atoms with van der Waals surface area (Å²) < 4.78 is 35.7. The molecule has 1 aromatic rings. The normalized spacial score (nSPS) is 13.0. The molecule has 1 aromatic heterocycles. The van der Waals surface area contributed by atoms with Crippen molar-refractivity contribution in [2.75, 3.05) is 13.7 Å². The maximum atomic E-state index is 12.2. The first-order chi connectivity index (χ1) is 9.65. The second kappa shape index (κ2) is 6.24. The van der Waals surface area contributed by atoms with Crippen molar-refractivity contribution < 1.29 is 37.4 Å². The maximum Gasteiger partial charge on any atom is 0.340 e. The third-order valence-corrected chi connectivity index (χ3v) is 4.28. The molecule has 1 rings (SSSR count). The molecule has 118 valence electrons. The van der Waals surface area contributed by atoms with Gasteiger partial charge in [-0.15, -0.1) is 0 Å². The van der Waals surface area contributed by atoms with E-state index < -0.39 is 45.1 Å². The average molecular weight is 321 g/mol. The number of carbonyl (C=O) groups is 2. The van der Waals surface area contributed by atoms with Crippen LogP contribution >= 0.6 is 0 Å². The first kappa shape index (κ1) is 17.1. The number of aromatic carboxylic acids is 1. The molecule has 0 saturated carbocycles. The number of hydrogen-bond acceptors (Lipinski definition) is 7. The van der Waals surface area contributed by atoms with Crippen LogP contribution in [0.4, 0.5) is 0 Å². The number of methoxy groups -OCH3 is 1. The van der Waals surface area contributed by atoms with Gasteiger partial charge in [0.25, 0.3) is 0 Å². The second-order valence-electron chi connectivity index (χ2n) is 4.10. The van der Waals surface area contributed by atoms with Crippen molar-refractivity contribution in [2.24, 2.45) is 0 Å². The fourth-order valence-corrected chi connectivity index (χ4v) is 3.37. The Morgan fingerprint density at radius 3 is 2.33 bits per heavy atom. The molecule has 1 heterocycles. The average Bonchev–Trinajstić information content (AvgIpc) is 2.70. The molecule has 3 N–H and O–H groups in total. The zero-order valence-corrected chi connectivity index (χ0v) is 12.4. The number of aliphatic hydroxyl groups excluding tert-OH is 1. The smallest absolute Gasteiger partial charge is 0.340 e. The molecule has 0 aliphatic rings. The molecule has 0 spiro atoms. The second-order valence-corrected chi connectivity index (χ2v) is 5.75. The van der Waals surface area contributed by atoms with Gasteiger partial charge in [0.2, 0.25) is 10.0 Å². The minimum Gasteiger partial charge on any atom is -0.478 e. The molecular formula is C11H15NO8S. The Bertz CT molecular complexity index is 660. The molecule has 0 saturated heterocycles. The predicted molar refractivity (Wildman–Crippen MR) is 68.4 cm³/mol. The third kappa shape index (κ3) is 3.40. The summed E-state index contributed by atoms with van der Waals surface area (Å²) in [5.74, 6) is -2.71. The van der Waals surface area contributed by atoms with E-state index in [2.05, 4.69) is 4.74 Å². The monoisotopic (exact) mass is 321 g/mol. The minimum absolute atomic E-state index is 0.0843. The highest BCUT2D eigenvalue weighted by molar-refractivity contribution is 7.89. The van der Waals surface area contributed by atoms with Crippen LogP contribution in [0.2, 0.25) is 0 Å². The lowest BCUT2D eigenvalue weighted by Crippen LogP contribution is -2.44. The maximum absolute atomic E-state index is 12.2. The molecule has 0 bridgehead atoms. The molecule has 21 heavy (non-hydrogen) atoms. The van der Waals surface area contributed by atoms with Gasteiger partial charge in [-0.05, 0) is 13.8 Å². The summed E-state index contributed by atoms with van der Waals surface area (Å²) in [5.41, 5.74) is -0.526. The van der Waals surface area contributed by atoms with Gasteiger partial charge in [-0.2, -0.15) is 4.72 Å². The topological polar surface area (TPSA) is 143 Å². The Hall–Kier alpha value is -1.91. The lowest BCUT2D eigenvalue weighted by atomic mass is 10.2. The van der Waals surface area contributed by atoms with E-state index >= 15 is 0 Å². The van der Waals surface area contributed by atoms with Crippen molar-refractivity contribution in [3.8, 4) is 0 Å². The van der Waals surface area contributed by atoms with Gasteiger partial charge in [0.1, 0.15) is 28.0 Å². The van der Waals surface area contributed by atoms with E-state index in [1.165, 1.54) is 13.8 Å². The first-order valence-corrected chi connectivity index (χ1v) is 7.18. The Morgan fingerprint density at radius 1 is 1.33 bits per heavy atom. The van der Waals surface area contributed by atoms with Crippen molar-refractivity contribution >= 4 is 22.0 Å². The number of nitrogens with one attached hydrogen (secondary N) is 1. The molecule has 0 aliphatic carbocycles. The number of furan rings is 1. The summed E-state index contributed by atoms with van der Waals surface area (Å²) in [6.45, 7) is 1.74. The van der Waals surface area contributed by atoms with E-state index in [9.17, 15) is 18.0 Å². The number of ether oxygens (including phenoxy) is 1. The Balaban J connectivity index is 3.32. The van der Waals surface area contributed by atoms with Gasteiger partial charge in [0.15, 0.2) is 0 Å². The van der Waals surface area contributed by atoms with E-state index in [0.717, 1.165) is 7.11 Å². The molecule has 0 aliphatic heterocycles. The van der Waals surface area contributed by atoms with Gasteiger partial charge < -0.3 is 19.4 Å². The Labute approximate surface area is 120 Å². The zero-order chi connectivity index (χ0) is 16.4. The number of carbonyl (C=O) groups excluding carboxylic acids is 1. The van der Waals surface area contributed by atoms with Crippen LogP contribution in [0, 0.1) is 13.8 Å². The molecule has 0 amide bonds. The van der Waals surface area contributed by atoms with E-state index in [0.29, 0.717) is 0 Å². The Morgan fingerprint density at radius 2 is 1.90 bits per heavy atom. The molecule has 1 atom stereocenters. The van der Waals surface area contributed by atoms with Gasteiger partial charge >= 0.3 is 11.9 Å². The van der Waals surface area contributed by atoms with Crippen LogP contribution in [0.1, 0.15) is 21.9 Å². The number of aryl methyl sites for hydroxylation is 2. The van der Waals surface area contributed by atoms with Crippen LogP contribution in [-0.2, 0) is 19.6 Å². The minimum atomic E-state index is -4.40. The Kier molecular flexibility index (Phi) is 5.10. The molecular weight excluding hydrogens is 306 g/mol. The number of esters is 1. The number of aliphatic hydroxyl groups is 1. The largest absolute Gasteiger partial charge is 0.478 e. The fraction of sp³-hybridized carbons (Fsp3) is 0.455. The molecule has 0 radical (unpaired) electrons. The van der Waals surface area contributed by atoms with Crippen LogP contribution in [0.3, 0.4) is 0 Å². The summed E-state index contributed by atoms with van der Waals surface area (Å²) in [7, 11) is -3.37. The zero-order valence-electron chi connectivity index (χ0n) is 11.5. The predicted octanol–water partition coefficient (Wildman–Crippen LogP) is -0.593. The van der Waals surface area contributed by atoms with Gasteiger partial charge in [-0.3, -0.25) is 4.79 Å². The van der Waals surface area contributed by atoms with Gasteiger partial charge in [0, 0.05) is 0 Å². The SMILES string of the molecule is COC(=O)C(CO)NS(=O)(=O)c1c(C)oc(C)c1C(=O)O. The summed E-state index contributed by atoms with van der Waals surface area (Å²) in [6.07, 6.45) is 0. The van der Waals surface area contributed by atoms with E-state index in [-0.39, 0.29) is 11.5 Å². The molecule has 1 unspecified atom stereocenters. The number of sulfonamides is 1. The standard InChI is InChI=1S/C11H15NO8S/c1-5-8(10(14)15)9(6(2)20-5)21(17,18)12-7(4-13)11(16)19-3/h7,12-13H,4H2,1-3H3,(H,14,15). The highest BCUT2D eigenvalue weighted by atomic mass is 32.2. The van der Waals surface area contributed by atoms with Crippen LogP contribution < -0.4 is 4.72 Å². The molecule has 0 fully saturated rings. The summed E-state index contributed by atoms with van der Waals surface area (Å²) in [6, 6.07) is -1.55. The van der Waals surface area contributed by atoms with Crippen LogP contribution in [-0.4, -0.2) is 50.3 Å². The number of hydrogen-bond donors (Lipinski definition) is 3. The van der Waals surface area contributed by atoms with Gasteiger partial charge in [0.05, 0.1) is 13.7 Å². The third-order valence-electron chi connectivity index (χ3n) is 2.65. The van der Waals surface area contributed by atoms with Crippen molar-refractivity contribution in [3.05, 3.63) is 17.1 Å². The van der Waals surface area contributed by atoms with Crippen LogP contribution in [0.5, 0.6) is 0 Å². The number of carboxylic acid groups (broad SMARTS) is 1. The van der Waals surface area contributed by atoms with Crippen LogP contribution in [0.25, 0.3) is 0 Å². The lowest BCUT2D eigenvalue weighted by Gasteiger charge is -2.14. The lowest BCUT2D eigenvalue weighted by molar-refractivity contribution is -0.143. The van der Waals surface area contributed by atoms with Gasteiger partial charge in [-0.1, -0.05) is 0 Å². The quantitative estimate of drug-likeness (QED) is 0.590. The molecule has 0 aromatic carbocycles. The summed E-state index contributed by atoms with van der Waals surface area (Å²) >= 11 is 0. The van der Waals surface area contributed by atoms with Crippen molar-refractivity contribution in [1.82, 2.24) is 4.72 Å². The van der Waals surface area contributed by atoms with Crippen molar-refractivity contribution in [3.63, 3.8) is 0 Å². The fourth-order valence-electron chi connectivity index (χ4n) is 1.78. The first-order valence-electron chi connectivity index (χ1n) is 5.70. The highest BCUT2D eigenvalue weighted by Gasteiger charge is 2.34. The highest BCUT2D eigenvalue weighted by Crippen LogP contribution is 2.26. The van der Waals surface area contributed by atoms with E-state index in [4.69, 9.17) is 14.6 Å². The van der Waals surface area contributed by atoms with Crippen LogP contribution in [0.15, 0.2) is 9.31 Å². The van der Waals surface area contributed by atoms with E-state index in [1.54, 1.807) is 0 Å². The molecule has 9 nitrogen and oxygen atoms in total. The van der Waals surface area contributed by atoms with Gasteiger partial charge in [-0.25, -0.2) is 13.2 Å². The number of carboxylic acids is 1. The van der Waals surface area contributed by atoms with E-state index in [1.807, 2.05) is 4.72 Å². The van der Waals surface area contributed by atoms with Crippen molar-refractivity contribution in [1.29, 1.82) is 0 Å².